The molecule has 3 saturated heterocycles. The summed E-state index contributed by atoms with van der Waals surface area (Å²) in [6.45, 7) is 8.36. The van der Waals surface area contributed by atoms with Gasteiger partial charge in [0.15, 0.2) is 0 Å². The summed E-state index contributed by atoms with van der Waals surface area (Å²) in [7, 11) is -1.52. The highest BCUT2D eigenvalue weighted by atomic mass is 32.2. The number of carbonyl (C=O) groups excluding carboxylic acids is 1. The summed E-state index contributed by atoms with van der Waals surface area (Å²) in [6, 6.07) is 3.42. The summed E-state index contributed by atoms with van der Waals surface area (Å²) in [5.41, 5.74) is 1.63. The lowest BCUT2D eigenvalue weighted by Gasteiger charge is -2.48. The molecule has 48 heavy (non-hydrogen) atoms. The Hall–Kier alpha value is -3.95. The third-order valence-electron chi connectivity index (χ3n) is 9.52. The van der Waals surface area contributed by atoms with E-state index in [2.05, 4.69) is 26.8 Å². The van der Waals surface area contributed by atoms with Crippen LogP contribution in [0.15, 0.2) is 43.4 Å². The smallest absolute Gasteiger partial charge is 0.246 e. The van der Waals surface area contributed by atoms with Crippen LogP contribution in [-0.4, -0.2) is 116 Å². The summed E-state index contributed by atoms with van der Waals surface area (Å²) < 4.78 is 49.6. The van der Waals surface area contributed by atoms with Crippen LogP contribution >= 0.6 is 0 Å². The van der Waals surface area contributed by atoms with Gasteiger partial charge in [-0.2, -0.15) is 4.98 Å². The van der Waals surface area contributed by atoms with E-state index in [-0.39, 0.29) is 36.2 Å². The number of nitrogens with one attached hydrogen (secondary N) is 1. The molecule has 1 unspecified atom stereocenters. The average Bonchev–Trinajstić information content (AvgIpc) is 3.56. The SMILES string of the molecule is C=CC(=O)N1CCCC1c1ncc(N2C[C@H](CS(C)(=O)=O)[C@H]2C)c2cnc(Nc3ccnc(N4CC[C@@H](OCCOC)[C@@H](F)C4)n3)cc12. The molecule has 15 heteroatoms. The fraction of sp³-hybridized carbons (Fsp3) is 0.545. The van der Waals surface area contributed by atoms with E-state index in [9.17, 15) is 17.6 Å². The Balaban J connectivity index is 1.27. The van der Waals surface area contributed by atoms with E-state index in [1.54, 1.807) is 30.5 Å². The normalized spacial score (nSPS) is 24.5. The first-order valence-corrected chi connectivity index (χ1v) is 18.4. The monoisotopic (exact) mass is 682 g/mol. The highest BCUT2D eigenvalue weighted by Gasteiger charge is 2.39. The molecule has 3 aliphatic heterocycles. The van der Waals surface area contributed by atoms with E-state index in [1.165, 1.54) is 12.3 Å². The molecule has 6 heterocycles. The van der Waals surface area contributed by atoms with Crippen molar-refractivity contribution >= 4 is 49.8 Å². The maximum Gasteiger partial charge on any atom is 0.246 e. The number of hydrogen-bond donors (Lipinski definition) is 1. The van der Waals surface area contributed by atoms with Crippen molar-refractivity contribution in [3.63, 3.8) is 0 Å². The number of alkyl halides is 1. The number of sulfone groups is 1. The molecule has 0 bridgehead atoms. The number of halogens is 1. The van der Waals surface area contributed by atoms with Crippen molar-refractivity contribution < 1.29 is 27.1 Å². The number of fused-ring (bicyclic) bond motifs is 1. The number of nitrogens with zero attached hydrogens (tertiary/aromatic N) is 7. The van der Waals surface area contributed by atoms with Crippen LogP contribution in [0, 0.1) is 5.92 Å². The highest BCUT2D eigenvalue weighted by molar-refractivity contribution is 7.90. The van der Waals surface area contributed by atoms with E-state index in [0.717, 1.165) is 35.0 Å². The molecule has 1 N–H and O–H groups in total. The van der Waals surface area contributed by atoms with Gasteiger partial charge in [0.05, 0.1) is 55.2 Å². The fourth-order valence-corrected chi connectivity index (χ4v) is 8.12. The molecule has 3 aromatic heterocycles. The van der Waals surface area contributed by atoms with E-state index in [1.807, 2.05) is 24.1 Å². The molecule has 3 fully saturated rings. The Morgan fingerprint density at radius 2 is 1.96 bits per heavy atom. The zero-order valence-corrected chi connectivity index (χ0v) is 28.4. The number of piperidine rings is 1. The van der Waals surface area contributed by atoms with E-state index >= 15 is 0 Å². The lowest BCUT2D eigenvalue weighted by atomic mass is 9.90. The van der Waals surface area contributed by atoms with E-state index in [0.29, 0.717) is 56.9 Å². The zero-order valence-electron chi connectivity index (χ0n) is 27.6. The van der Waals surface area contributed by atoms with Crippen LogP contribution in [0.3, 0.4) is 0 Å². The number of likely N-dealkylation sites (tertiary alicyclic amines) is 1. The van der Waals surface area contributed by atoms with Gasteiger partial charge >= 0.3 is 0 Å². The lowest BCUT2D eigenvalue weighted by Crippen LogP contribution is -2.57. The highest BCUT2D eigenvalue weighted by Crippen LogP contribution is 2.41. The first kappa shape index (κ1) is 33.9. The molecule has 0 radical (unpaired) electrons. The van der Waals surface area contributed by atoms with Gasteiger partial charge in [0, 0.05) is 68.1 Å². The third kappa shape index (κ3) is 7.22. The Kier molecular flexibility index (Phi) is 10.1. The molecule has 1 amide bonds. The van der Waals surface area contributed by atoms with Crippen LogP contribution in [0.5, 0.6) is 0 Å². The number of pyridine rings is 2. The van der Waals surface area contributed by atoms with Crippen molar-refractivity contribution in [3.8, 4) is 0 Å². The van der Waals surface area contributed by atoms with Gasteiger partial charge in [0.1, 0.15) is 27.6 Å². The molecular formula is C33H43FN8O5S. The average molecular weight is 683 g/mol. The van der Waals surface area contributed by atoms with Crippen molar-refractivity contribution in [1.82, 2.24) is 24.8 Å². The Bertz CT molecular complexity index is 1760. The first-order valence-electron chi connectivity index (χ1n) is 16.3. The number of anilines is 4. The van der Waals surface area contributed by atoms with Crippen LogP contribution in [0.4, 0.5) is 27.7 Å². The molecule has 6 rings (SSSR count). The van der Waals surface area contributed by atoms with Crippen LogP contribution in [0.1, 0.15) is 37.9 Å². The predicted molar refractivity (Wildman–Crippen MR) is 182 cm³/mol. The number of carbonyl (C=O) groups is 1. The number of aromatic nitrogens is 4. The largest absolute Gasteiger partial charge is 0.382 e. The Morgan fingerprint density at radius 1 is 1.12 bits per heavy atom. The van der Waals surface area contributed by atoms with Crippen LogP contribution in [0.25, 0.3) is 10.8 Å². The Labute approximate surface area is 280 Å². The van der Waals surface area contributed by atoms with Gasteiger partial charge in [-0.1, -0.05) is 6.58 Å². The van der Waals surface area contributed by atoms with Gasteiger partial charge in [-0.25, -0.2) is 22.8 Å². The maximum atomic E-state index is 15.0. The van der Waals surface area contributed by atoms with Crippen LogP contribution in [0.2, 0.25) is 0 Å². The standard InChI is InChI=1S/C33H43FN8O5S/c1-5-31(43)41-11-6-7-26(41)32-23-15-30(36-16-24(23)27(17-37-32)42-18-22(21(42)2)20-48(4,44)45)38-29-8-10-35-33(39-29)40-12-9-28(25(34)19-40)47-14-13-46-3/h5,8,10,15-17,21-22,25-26,28H,1,6-7,9,11-14,18-20H2,2-4H3,(H,35,36,38,39)/t21-,22-,25+,26?,28-/m1/s1. The predicted octanol–water partition coefficient (Wildman–Crippen LogP) is 3.46. The second-order valence-electron chi connectivity index (χ2n) is 12.8. The van der Waals surface area contributed by atoms with E-state index < -0.39 is 22.1 Å². The minimum atomic E-state index is -3.11. The number of hydrogen-bond acceptors (Lipinski definition) is 12. The second kappa shape index (κ2) is 14.3. The number of ether oxygens (including phenoxy) is 2. The summed E-state index contributed by atoms with van der Waals surface area (Å²) in [4.78, 5) is 37.3. The van der Waals surface area contributed by atoms with Gasteiger partial charge in [-0.15, -0.1) is 0 Å². The molecule has 0 aliphatic carbocycles. The molecule has 5 atom stereocenters. The zero-order chi connectivity index (χ0) is 34.0. The molecular weight excluding hydrogens is 639 g/mol. The van der Waals surface area contributed by atoms with Gasteiger partial charge in [-0.3, -0.25) is 9.78 Å². The van der Waals surface area contributed by atoms with Crippen molar-refractivity contribution in [2.24, 2.45) is 5.92 Å². The minimum absolute atomic E-state index is 0.00374. The van der Waals surface area contributed by atoms with Gasteiger partial charge in [0.2, 0.25) is 11.9 Å². The molecule has 0 aromatic carbocycles. The van der Waals surface area contributed by atoms with Crippen LogP contribution in [-0.2, 0) is 24.1 Å². The van der Waals surface area contributed by atoms with Crippen molar-refractivity contribution in [2.45, 2.75) is 50.5 Å². The number of methoxy groups -OCH3 is 1. The van der Waals surface area contributed by atoms with Crippen molar-refractivity contribution in [1.29, 1.82) is 0 Å². The summed E-state index contributed by atoms with van der Waals surface area (Å²) in [6.07, 6.45) is 8.28. The molecule has 3 aromatic rings. The van der Waals surface area contributed by atoms with Gasteiger partial charge in [-0.05, 0) is 44.4 Å². The van der Waals surface area contributed by atoms with Gasteiger partial charge < -0.3 is 29.5 Å². The third-order valence-corrected chi connectivity index (χ3v) is 10.6. The van der Waals surface area contributed by atoms with E-state index in [4.69, 9.17) is 19.4 Å². The topological polar surface area (TPSA) is 143 Å². The summed E-state index contributed by atoms with van der Waals surface area (Å²) >= 11 is 0. The van der Waals surface area contributed by atoms with Gasteiger partial charge in [0.25, 0.3) is 0 Å². The number of amides is 1. The Morgan fingerprint density at radius 3 is 2.69 bits per heavy atom. The quantitative estimate of drug-likeness (QED) is 0.221. The second-order valence-corrected chi connectivity index (χ2v) is 15.0. The molecule has 258 valence electrons. The fourth-order valence-electron chi connectivity index (χ4n) is 6.96. The lowest BCUT2D eigenvalue weighted by molar-refractivity contribution is -0.126. The molecule has 0 saturated carbocycles. The maximum absolute atomic E-state index is 15.0. The van der Waals surface area contributed by atoms with Crippen LogP contribution < -0.4 is 15.1 Å². The summed E-state index contributed by atoms with van der Waals surface area (Å²) in [5.74, 6) is 1.44. The molecule has 3 aliphatic rings. The van der Waals surface area contributed by atoms with Crippen molar-refractivity contribution in [2.75, 3.05) is 73.6 Å². The first-order chi connectivity index (χ1) is 23.1. The summed E-state index contributed by atoms with van der Waals surface area (Å²) in [5, 5.41) is 4.98. The minimum Gasteiger partial charge on any atom is -0.382 e. The molecule has 13 nitrogen and oxygen atoms in total. The molecule has 0 spiro atoms. The number of rotatable bonds is 12. The van der Waals surface area contributed by atoms with Crippen molar-refractivity contribution in [3.05, 3.63) is 49.1 Å².